The van der Waals surface area contributed by atoms with E-state index in [4.69, 9.17) is 11.6 Å². The van der Waals surface area contributed by atoms with Gasteiger partial charge in [-0.25, -0.2) is 17.7 Å². The molecular formula is C21H16ClFN2O4S2. The first kappa shape index (κ1) is 21.6. The van der Waals surface area contributed by atoms with Gasteiger partial charge in [0.05, 0.1) is 12.1 Å². The summed E-state index contributed by atoms with van der Waals surface area (Å²) in [4.78, 5) is 26.9. The van der Waals surface area contributed by atoms with Gasteiger partial charge in [-0.15, -0.1) is 11.3 Å². The van der Waals surface area contributed by atoms with Crippen LogP contribution in [0.15, 0.2) is 70.3 Å². The van der Waals surface area contributed by atoms with Crippen LogP contribution in [0, 0.1) is 5.82 Å². The van der Waals surface area contributed by atoms with E-state index in [0.29, 0.717) is 16.3 Å². The van der Waals surface area contributed by atoms with Crippen molar-refractivity contribution in [2.45, 2.75) is 23.2 Å². The predicted octanol–water partition coefficient (Wildman–Crippen LogP) is 4.06. The number of hydrogen-bond acceptors (Lipinski definition) is 5. The van der Waals surface area contributed by atoms with Gasteiger partial charge in [0.15, 0.2) is 0 Å². The van der Waals surface area contributed by atoms with Gasteiger partial charge in [0.25, 0.3) is 15.9 Å². The molecule has 1 fully saturated rings. The molecule has 0 spiro atoms. The minimum Gasteiger partial charge on any atom is -0.274 e. The number of amides is 2. The first-order valence-electron chi connectivity index (χ1n) is 9.19. The van der Waals surface area contributed by atoms with Crippen molar-refractivity contribution in [1.29, 1.82) is 0 Å². The fraction of sp³-hybridized carbons (Fsp3) is 0.143. The molecule has 1 aliphatic rings. The number of imide groups is 1. The standard InChI is InChI=1S/C21H16ClFN2O4S2/c22-15-5-9-17(10-6-15)25-19(26)12-18(21(25)27)24(13-14-3-7-16(23)8-4-14)31(28,29)20-2-1-11-30-20/h1-11,18H,12-13H2. The fourth-order valence-electron chi connectivity index (χ4n) is 3.36. The molecule has 2 heterocycles. The van der Waals surface area contributed by atoms with Gasteiger partial charge in [-0.1, -0.05) is 29.8 Å². The third-order valence-electron chi connectivity index (χ3n) is 4.86. The molecule has 0 bridgehead atoms. The smallest absolute Gasteiger partial charge is 0.253 e. The van der Waals surface area contributed by atoms with Crippen molar-refractivity contribution in [1.82, 2.24) is 4.31 Å². The first-order chi connectivity index (χ1) is 14.8. The second-order valence-corrected chi connectivity index (χ2v) is 10.4. The van der Waals surface area contributed by atoms with Gasteiger partial charge in [0.1, 0.15) is 16.1 Å². The maximum atomic E-state index is 13.4. The minimum absolute atomic E-state index is 0.0554. The van der Waals surface area contributed by atoms with Gasteiger partial charge in [-0.05, 0) is 53.4 Å². The molecule has 6 nitrogen and oxygen atoms in total. The Balaban J connectivity index is 1.72. The van der Waals surface area contributed by atoms with Crippen molar-refractivity contribution in [3.8, 4) is 0 Å². The molecule has 4 rings (SSSR count). The molecule has 3 aromatic rings. The molecule has 31 heavy (non-hydrogen) atoms. The van der Waals surface area contributed by atoms with E-state index in [0.717, 1.165) is 20.5 Å². The predicted molar refractivity (Wildman–Crippen MR) is 116 cm³/mol. The molecule has 0 N–H and O–H groups in total. The topological polar surface area (TPSA) is 74.8 Å². The van der Waals surface area contributed by atoms with Crippen LogP contribution in [0.4, 0.5) is 10.1 Å². The average Bonchev–Trinajstić information content (AvgIpc) is 3.37. The Morgan fingerprint density at radius 1 is 1.06 bits per heavy atom. The zero-order chi connectivity index (χ0) is 22.2. The molecule has 1 aliphatic heterocycles. The van der Waals surface area contributed by atoms with E-state index in [1.165, 1.54) is 42.5 Å². The number of halogens is 2. The van der Waals surface area contributed by atoms with E-state index < -0.39 is 33.7 Å². The summed E-state index contributed by atoms with van der Waals surface area (Å²) in [6, 6.07) is 13.3. The molecule has 1 saturated heterocycles. The Labute approximate surface area is 187 Å². The normalized spacial score (nSPS) is 17.0. The van der Waals surface area contributed by atoms with Crippen molar-refractivity contribution in [2.24, 2.45) is 0 Å². The summed E-state index contributed by atoms with van der Waals surface area (Å²) in [6.07, 6.45) is -0.298. The molecular weight excluding hydrogens is 463 g/mol. The van der Waals surface area contributed by atoms with Crippen LogP contribution in [0.25, 0.3) is 0 Å². The zero-order valence-corrected chi connectivity index (χ0v) is 18.3. The lowest BCUT2D eigenvalue weighted by atomic mass is 10.2. The largest absolute Gasteiger partial charge is 0.274 e. The SMILES string of the molecule is O=C1CC(N(Cc2ccc(F)cc2)S(=O)(=O)c2cccs2)C(=O)N1c1ccc(Cl)cc1. The molecule has 0 aliphatic carbocycles. The van der Waals surface area contributed by atoms with Crippen molar-refractivity contribution >= 4 is 50.5 Å². The summed E-state index contributed by atoms with van der Waals surface area (Å²) < 4.78 is 41.1. The van der Waals surface area contributed by atoms with Gasteiger partial charge in [-0.2, -0.15) is 4.31 Å². The van der Waals surface area contributed by atoms with E-state index in [-0.39, 0.29) is 17.2 Å². The summed E-state index contributed by atoms with van der Waals surface area (Å²) in [5.74, 6) is -1.62. The highest BCUT2D eigenvalue weighted by molar-refractivity contribution is 7.91. The summed E-state index contributed by atoms with van der Waals surface area (Å²) >= 11 is 6.90. The number of carbonyl (C=O) groups excluding carboxylic acids is 2. The highest BCUT2D eigenvalue weighted by Gasteiger charge is 2.47. The van der Waals surface area contributed by atoms with Crippen molar-refractivity contribution in [3.63, 3.8) is 0 Å². The average molecular weight is 479 g/mol. The number of nitrogens with zero attached hydrogens (tertiary/aromatic N) is 2. The van der Waals surface area contributed by atoms with E-state index in [2.05, 4.69) is 0 Å². The van der Waals surface area contributed by atoms with Crippen LogP contribution in [0.5, 0.6) is 0 Å². The first-order valence-corrected chi connectivity index (χ1v) is 11.9. The van der Waals surface area contributed by atoms with E-state index >= 15 is 0 Å². The highest BCUT2D eigenvalue weighted by Crippen LogP contribution is 2.32. The third kappa shape index (κ3) is 4.27. The number of anilines is 1. The lowest BCUT2D eigenvalue weighted by molar-refractivity contribution is -0.122. The molecule has 10 heteroatoms. The number of rotatable bonds is 6. The number of hydrogen-bond donors (Lipinski definition) is 0. The van der Waals surface area contributed by atoms with Crippen LogP contribution in [0.2, 0.25) is 5.02 Å². The maximum Gasteiger partial charge on any atom is 0.253 e. The summed E-state index contributed by atoms with van der Waals surface area (Å²) in [6.45, 7) is -0.182. The minimum atomic E-state index is -4.08. The summed E-state index contributed by atoms with van der Waals surface area (Å²) in [7, 11) is -4.08. The second kappa shape index (κ2) is 8.51. The van der Waals surface area contributed by atoms with Gasteiger partial charge >= 0.3 is 0 Å². The molecule has 1 aromatic heterocycles. The fourth-order valence-corrected chi connectivity index (χ4v) is 6.18. The molecule has 0 saturated carbocycles. The van der Waals surface area contributed by atoms with Crippen LogP contribution in [-0.2, 0) is 26.2 Å². The lowest BCUT2D eigenvalue weighted by Gasteiger charge is -2.26. The van der Waals surface area contributed by atoms with Crippen LogP contribution >= 0.6 is 22.9 Å². The Hall–Kier alpha value is -2.59. The van der Waals surface area contributed by atoms with Gasteiger partial charge in [0.2, 0.25) is 5.91 Å². The van der Waals surface area contributed by atoms with Gasteiger partial charge in [-0.3, -0.25) is 9.59 Å². The van der Waals surface area contributed by atoms with Crippen LogP contribution < -0.4 is 4.90 Å². The van der Waals surface area contributed by atoms with E-state index in [9.17, 15) is 22.4 Å². The Kier molecular flexibility index (Phi) is 5.94. The van der Waals surface area contributed by atoms with Gasteiger partial charge < -0.3 is 0 Å². The Bertz CT molecular complexity index is 1210. The molecule has 0 radical (unpaired) electrons. The van der Waals surface area contributed by atoms with Crippen LogP contribution in [0.3, 0.4) is 0 Å². The third-order valence-corrected chi connectivity index (χ3v) is 8.34. The number of sulfonamides is 1. The summed E-state index contributed by atoms with van der Waals surface area (Å²) in [5, 5.41) is 2.06. The van der Waals surface area contributed by atoms with E-state index in [1.807, 2.05) is 0 Å². The maximum absolute atomic E-state index is 13.4. The number of thiophene rings is 1. The van der Waals surface area contributed by atoms with Crippen molar-refractivity contribution in [3.05, 3.63) is 82.4 Å². The number of benzene rings is 2. The van der Waals surface area contributed by atoms with E-state index in [1.54, 1.807) is 23.6 Å². The Morgan fingerprint density at radius 2 is 1.74 bits per heavy atom. The zero-order valence-electron chi connectivity index (χ0n) is 15.9. The van der Waals surface area contributed by atoms with Crippen LogP contribution in [-0.4, -0.2) is 30.6 Å². The molecule has 2 amide bonds. The number of carbonyl (C=O) groups is 2. The highest BCUT2D eigenvalue weighted by atomic mass is 35.5. The Morgan fingerprint density at radius 3 is 2.35 bits per heavy atom. The van der Waals surface area contributed by atoms with Crippen molar-refractivity contribution < 1.29 is 22.4 Å². The molecule has 1 atom stereocenters. The quantitative estimate of drug-likeness (QED) is 0.501. The second-order valence-electron chi connectivity index (χ2n) is 6.87. The molecule has 1 unspecified atom stereocenters. The molecule has 2 aromatic carbocycles. The van der Waals surface area contributed by atoms with Crippen LogP contribution in [0.1, 0.15) is 12.0 Å². The molecule has 160 valence electrons. The summed E-state index contributed by atoms with van der Waals surface area (Å²) in [5.41, 5.74) is 0.809. The van der Waals surface area contributed by atoms with Crippen molar-refractivity contribution in [2.75, 3.05) is 4.90 Å². The lowest BCUT2D eigenvalue weighted by Crippen LogP contribution is -2.44. The monoisotopic (exact) mass is 478 g/mol. The van der Waals surface area contributed by atoms with Gasteiger partial charge in [0, 0.05) is 11.6 Å².